The number of hydrogen-bond acceptors (Lipinski definition) is 5. The second-order valence-electron chi connectivity index (χ2n) is 8.34. The van der Waals surface area contributed by atoms with Crippen LogP contribution in [0.2, 0.25) is 0 Å². The Morgan fingerprint density at radius 1 is 1.42 bits per heavy atom. The number of ether oxygens (including phenoxy) is 3. The Bertz CT molecular complexity index is 492. The van der Waals surface area contributed by atoms with Gasteiger partial charge in [0.2, 0.25) is 0 Å². The van der Waals surface area contributed by atoms with Crippen LogP contribution in [0, 0.1) is 16.7 Å². The molecule has 2 aliphatic rings. The SMILES string of the molecule is COCO[C@H]1[C@H](O)C=C(C)[C@]2(CC[C@H](OC(=O)C(C)(C)C)C2)[C@@H]1C. The summed E-state index contributed by atoms with van der Waals surface area (Å²) in [4.78, 5) is 12.2. The van der Waals surface area contributed by atoms with Gasteiger partial charge in [-0.2, -0.15) is 0 Å². The van der Waals surface area contributed by atoms with E-state index < -0.39 is 11.5 Å². The number of aliphatic hydroxyl groups excluding tert-OH is 1. The molecule has 1 spiro atoms. The number of esters is 1. The van der Waals surface area contributed by atoms with Gasteiger partial charge in [-0.25, -0.2) is 0 Å². The zero-order valence-corrected chi connectivity index (χ0v) is 15.8. The number of methoxy groups -OCH3 is 1. The highest BCUT2D eigenvalue weighted by Gasteiger charge is 2.52. The van der Waals surface area contributed by atoms with Crippen molar-refractivity contribution in [2.75, 3.05) is 13.9 Å². The molecule has 1 N–H and O–H groups in total. The molecule has 0 bridgehead atoms. The largest absolute Gasteiger partial charge is 0.462 e. The van der Waals surface area contributed by atoms with E-state index in [1.54, 1.807) is 7.11 Å². The molecule has 0 heterocycles. The van der Waals surface area contributed by atoms with Crippen LogP contribution < -0.4 is 0 Å². The van der Waals surface area contributed by atoms with Gasteiger partial charge in [0.05, 0.1) is 17.6 Å². The van der Waals surface area contributed by atoms with Crippen molar-refractivity contribution >= 4 is 5.97 Å². The monoisotopic (exact) mass is 340 g/mol. The number of hydrogen-bond donors (Lipinski definition) is 1. The predicted molar refractivity (Wildman–Crippen MR) is 91.3 cm³/mol. The molecule has 0 aromatic heterocycles. The van der Waals surface area contributed by atoms with Gasteiger partial charge in [0.1, 0.15) is 12.9 Å². The molecular formula is C19H32O5. The fourth-order valence-corrected chi connectivity index (χ4v) is 4.11. The summed E-state index contributed by atoms with van der Waals surface area (Å²) in [6, 6.07) is 0. The molecule has 0 aromatic carbocycles. The highest BCUT2D eigenvalue weighted by atomic mass is 16.7. The van der Waals surface area contributed by atoms with Crippen molar-refractivity contribution in [1.82, 2.24) is 0 Å². The minimum absolute atomic E-state index is 0.0687. The van der Waals surface area contributed by atoms with Crippen molar-refractivity contribution in [2.24, 2.45) is 16.7 Å². The number of allylic oxidation sites excluding steroid dienone is 1. The maximum Gasteiger partial charge on any atom is 0.311 e. The van der Waals surface area contributed by atoms with E-state index in [-0.39, 0.29) is 36.3 Å². The average Bonchev–Trinajstić information content (AvgIpc) is 2.90. The molecule has 1 saturated carbocycles. The van der Waals surface area contributed by atoms with E-state index in [1.807, 2.05) is 26.8 Å². The molecule has 0 saturated heterocycles. The van der Waals surface area contributed by atoms with E-state index in [4.69, 9.17) is 14.2 Å². The predicted octanol–water partition coefficient (Wildman–Crippen LogP) is 3.06. The van der Waals surface area contributed by atoms with Crippen LogP contribution in [-0.4, -0.2) is 43.3 Å². The second-order valence-corrected chi connectivity index (χ2v) is 8.34. The molecule has 0 aromatic rings. The maximum absolute atomic E-state index is 12.2. The molecule has 5 heteroatoms. The first-order chi connectivity index (χ1) is 11.1. The van der Waals surface area contributed by atoms with Gasteiger partial charge >= 0.3 is 5.97 Å². The molecule has 0 amide bonds. The third-order valence-corrected chi connectivity index (χ3v) is 5.68. The lowest BCUT2D eigenvalue weighted by Crippen LogP contribution is -2.47. The minimum atomic E-state index is -0.628. The summed E-state index contributed by atoms with van der Waals surface area (Å²) in [5.74, 6) is -0.0205. The van der Waals surface area contributed by atoms with Crippen LogP contribution in [0.5, 0.6) is 0 Å². The van der Waals surface area contributed by atoms with Crippen LogP contribution in [0.25, 0.3) is 0 Å². The van der Waals surface area contributed by atoms with Gasteiger partial charge in [-0.15, -0.1) is 0 Å². The van der Waals surface area contributed by atoms with E-state index in [2.05, 4.69) is 13.8 Å². The Kier molecular flexibility index (Phi) is 5.78. The Labute approximate surface area is 145 Å². The summed E-state index contributed by atoms with van der Waals surface area (Å²) >= 11 is 0. The van der Waals surface area contributed by atoms with E-state index >= 15 is 0 Å². The molecule has 1 fully saturated rings. The van der Waals surface area contributed by atoms with Gasteiger partial charge in [0.25, 0.3) is 0 Å². The highest BCUT2D eigenvalue weighted by Crippen LogP contribution is 2.54. The van der Waals surface area contributed by atoms with E-state index in [0.717, 1.165) is 19.3 Å². The number of carbonyl (C=O) groups excluding carboxylic acids is 1. The van der Waals surface area contributed by atoms with Gasteiger partial charge in [0, 0.05) is 7.11 Å². The van der Waals surface area contributed by atoms with E-state index in [9.17, 15) is 9.90 Å². The van der Waals surface area contributed by atoms with Crippen LogP contribution in [0.1, 0.15) is 53.9 Å². The lowest BCUT2D eigenvalue weighted by atomic mass is 9.63. The van der Waals surface area contributed by atoms with Crippen LogP contribution in [0.4, 0.5) is 0 Å². The highest BCUT2D eigenvalue weighted by molar-refractivity contribution is 5.75. The Balaban J connectivity index is 2.14. The number of rotatable bonds is 4. The molecule has 0 radical (unpaired) electrons. The van der Waals surface area contributed by atoms with Gasteiger partial charge in [-0.1, -0.05) is 18.6 Å². The van der Waals surface area contributed by atoms with Gasteiger partial charge in [0.15, 0.2) is 0 Å². The third-order valence-electron chi connectivity index (χ3n) is 5.68. The fourth-order valence-electron chi connectivity index (χ4n) is 4.11. The van der Waals surface area contributed by atoms with E-state index in [0.29, 0.717) is 0 Å². The topological polar surface area (TPSA) is 65.0 Å². The van der Waals surface area contributed by atoms with E-state index in [1.165, 1.54) is 5.57 Å². The smallest absolute Gasteiger partial charge is 0.311 e. The standard InChI is InChI=1S/C19H32O5/c1-12-9-15(20)16(23-11-22-6)13(2)19(12)8-7-14(10-19)24-17(21)18(3,4)5/h9,13-16,20H,7-8,10-11H2,1-6H3/t13-,14+,15-,16-,19-/m1/s1. The molecular weight excluding hydrogens is 308 g/mol. The number of aliphatic hydroxyl groups is 1. The second kappa shape index (κ2) is 7.14. The van der Waals surface area contributed by atoms with Crippen LogP contribution >= 0.6 is 0 Å². The number of carbonyl (C=O) groups is 1. The molecule has 0 aliphatic heterocycles. The molecule has 24 heavy (non-hydrogen) atoms. The molecule has 5 nitrogen and oxygen atoms in total. The van der Waals surface area contributed by atoms with Crippen molar-refractivity contribution in [3.8, 4) is 0 Å². The van der Waals surface area contributed by atoms with Crippen molar-refractivity contribution in [1.29, 1.82) is 0 Å². The van der Waals surface area contributed by atoms with Crippen molar-refractivity contribution in [3.63, 3.8) is 0 Å². The summed E-state index contributed by atoms with van der Waals surface area (Å²) in [6.45, 7) is 9.98. The lowest BCUT2D eigenvalue weighted by molar-refractivity contribution is -0.160. The van der Waals surface area contributed by atoms with Crippen LogP contribution in [-0.2, 0) is 19.0 Å². The molecule has 138 valence electrons. The molecule has 0 unspecified atom stereocenters. The molecule has 5 atom stereocenters. The first-order valence-electron chi connectivity index (χ1n) is 8.80. The summed E-state index contributed by atoms with van der Waals surface area (Å²) in [7, 11) is 1.58. The zero-order valence-electron chi connectivity index (χ0n) is 15.8. The lowest BCUT2D eigenvalue weighted by Gasteiger charge is -2.46. The first kappa shape index (κ1) is 19.4. The summed E-state index contributed by atoms with van der Waals surface area (Å²) in [6.07, 6.45) is 3.48. The summed E-state index contributed by atoms with van der Waals surface area (Å²) in [5, 5.41) is 10.4. The quantitative estimate of drug-likeness (QED) is 0.484. The molecule has 2 aliphatic carbocycles. The average molecular weight is 340 g/mol. The van der Waals surface area contributed by atoms with Crippen molar-refractivity contribution in [3.05, 3.63) is 11.6 Å². The Hall–Kier alpha value is -0.910. The zero-order chi connectivity index (χ0) is 18.1. The Morgan fingerprint density at radius 2 is 2.08 bits per heavy atom. The van der Waals surface area contributed by atoms with Crippen LogP contribution in [0.3, 0.4) is 0 Å². The third kappa shape index (κ3) is 3.68. The van der Waals surface area contributed by atoms with Crippen molar-refractivity contribution < 1.29 is 24.1 Å². The summed E-state index contributed by atoms with van der Waals surface area (Å²) in [5.41, 5.74) is 0.605. The van der Waals surface area contributed by atoms with Gasteiger partial charge in [-0.05, 0) is 58.3 Å². The van der Waals surface area contributed by atoms with Gasteiger partial charge in [-0.3, -0.25) is 4.79 Å². The van der Waals surface area contributed by atoms with Crippen molar-refractivity contribution in [2.45, 2.75) is 72.2 Å². The Morgan fingerprint density at radius 3 is 2.67 bits per heavy atom. The maximum atomic E-state index is 12.2. The van der Waals surface area contributed by atoms with Crippen LogP contribution in [0.15, 0.2) is 11.6 Å². The fraction of sp³-hybridized carbons (Fsp3) is 0.842. The first-order valence-corrected chi connectivity index (χ1v) is 8.80. The minimum Gasteiger partial charge on any atom is -0.462 e. The summed E-state index contributed by atoms with van der Waals surface area (Å²) < 4.78 is 16.5. The van der Waals surface area contributed by atoms with Gasteiger partial charge < -0.3 is 19.3 Å². The normalized spacial score (nSPS) is 36.7. The molecule has 2 rings (SSSR count).